The highest BCUT2D eigenvalue weighted by Gasteiger charge is 2.14. The Morgan fingerprint density at radius 3 is 2.00 bits per heavy atom. The van der Waals surface area contributed by atoms with E-state index in [1.807, 2.05) is 0 Å². The molecule has 8 nitrogen and oxygen atoms in total. The number of rotatable bonds is 20. The largest absolute Gasteiger partial charge is 0.465 e. The minimum Gasteiger partial charge on any atom is -0.465 e. The van der Waals surface area contributed by atoms with E-state index in [1.165, 1.54) is 70.3 Å². The molecule has 1 N–H and O–H groups in total. The van der Waals surface area contributed by atoms with Crippen LogP contribution >= 0.6 is 0 Å². The number of nitrogens with one attached hydrogen (secondary N) is 1. The molecule has 0 radical (unpaired) electrons. The topological polar surface area (TPSA) is 104 Å². The van der Waals surface area contributed by atoms with Crippen LogP contribution in [0.1, 0.15) is 101 Å². The summed E-state index contributed by atoms with van der Waals surface area (Å²) in [6.07, 6.45) is 15.3. The SMILES string of the molecule is CCCCCCCCCCCCCCOc1ccc(C(=O)NCC(=O)OCC(=O)OCC)o1. The van der Waals surface area contributed by atoms with Crippen LogP contribution in [0.15, 0.2) is 16.5 Å². The molecule has 0 aliphatic heterocycles. The van der Waals surface area contributed by atoms with Gasteiger partial charge in [-0.25, -0.2) is 4.79 Å². The molecule has 0 bridgehead atoms. The highest BCUT2D eigenvalue weighted by atomic mass is 16.6. The third-order valence-corrected chi connectivity index (χ3v) is 5.10. The second kappa shape index (κ2) is 19.0. The molecule has 1 aromatic heterocycles. The van der Waals surface area contributed by atoms with E-state index < -0.39 is 24.5 Å². The van der Waals surface area contributed by atoms with E-state index in [1.54, 1.807) is 13.0 Å². The molecule has 0 aromatic carbocycles. The van der Waals surface area contributed by atoms with Crippen LogP contribution in [-0.2, 0) is 19.1 Å². The minimum absolute atomic E-state index is 0.0397. The maximum absolute atomic E-state index is 12.0. The van der Waals surface area contributed by atoms with Gasteiger partial charge in [-0.3, -0.25) is 9.59 Å². The molecule has 0 aliphatic carbocycles. The van der Waals surface area contributed by atoms with Crippen molar-refractivity contribution in [3.8, 4) is 5.95 Å². The van der Waals surface area contributed by atoms with Gasteiger partial charge in [0.05, 0.1) is 13.2 Å². The number of carbonyl (C=O) groups excluding carboxylic acids is 3. The number of furan rings is 1. The molecule has 1 heterocycles. The van der Waals surface area contributed by atoms with Crippen LogP contribution in [0.25, 0.3) is 0 Å². The van der Waals surface area contributed by atoms with E-state index in [-0.39, 0.29) is 24.9 Å². The Bertz CT molecular complexity index is 671. The van der Waals surface area contributed by atoms with Crippen LogP contribution in [0.2, 0.25) is 0 Å². The molecule has 1 rings (SSSR count). The second-order valence-corrected chi connectivity index (χ2v) is 8.00. The number of hydrogen-bond acceptors (Lipinski definition) is 7. The minimum atomic E-state index is -0.744. The number of ether oxygens (including phenoxy) is 3. The fourth-order valence-corrected chi connectivity index (χ4v) is 3.27. The van der Waals surface area contributed by atoms with Crippen molar-refractivity contribution in [1.29, 1.82) is 0 Å². The van der Waals surface area contributed by atoms with E-state index in [4.69, 9.17) is 13.9 Å². The molecule has 8 heteroatoms. The van der Waals surface area contributed by atoms with E-state index in [9.17, 15) is 14.4 Å². The highest BCUT2D eigenvalue weighted by Crippen LogP contribution is 2.17. The summed E-state index contributed by atoms with van der Waals surface area (Å²) in [6, 6.07) is 3.06. The third-order valence-electron chi connectivity index (χ3n) is 5.10. The maximum Gasteiger partial charge on any atom is 0.344 e. The van der Waals surface area contributed by atoms with Gasteiger partial charge >= 0.3 is 11.9 Å². The number of hydrogen-bond donors (Lipinski definition) is 1. The molecule has 188 valence electrons. The molecule has 33 heavy (non-hydrogen) atoms. The normalized spacial score (nSPS) is 10.6. The van der Waals surface area contributed by atoms with Gasteiger partial charge in [-0.15, -0.1) is 0 Å². The molecule has 0 saturated carbocycles. The Morgan fingerprint density at radius 2 is 1.39 bits per heavy atom. The Kier molecular flexibility index (Phi) is 16.4. The lowest BCUT2D eigenvalue weighted by Gasteiger charge is -2.05. The number of amides is 1. The fourth-order valence-electron chi connectivity index (χ4n) is 3.27. The van der Waals surface area contributed by atoms with Gasteiger partial charge in [-0.05, 0) is 19.4 Å². The first-order valence-corrected chi connectivity index (χ1v) is 12.4. The molecule has 1 aromatic rings. The lowest BCUT2D eigenvalue weighted by Crippen LogP contribution is -2.31. The molecule has 0 saturated heterocycles. The van der Waals surface area contributed by atoms with Gasteiger partial charge in [-0.2, -0.15) is 0 Å². The molecule has 0 fully saturated rings. The van der Waals surface area contributed by atoms with Crippen LogP contribution < -0.4 is 10.1 Å². The van der Waals surface area contributed by atoms with Gasteiger partial charge in [-0.1, -0.05) is 77.6 Å². The van der Waals surface area contributed by atoms with Crippen molar-refractivity contribution in [3.63, 3.8) is 0 Å². The number of esters is 2. The zero-order valence-corrected chi connectivity index (χ0v) is 20.3. The van der Waals surface area contributed by atoms with Crippen LogP contribution in [0.3, 0.4) is 0 Å². The van der Waals surface area contributed by atoms with Crippen molar-refractivity contribution in [2.45, 2.75) is 90.9 Å². The highest BCUT2D eigenvalue weighted by molar-refractivity contribution is 5.93. The lowest BCUT2D eigenvalue weighted by atomic mass is 10.1. The molecule has 0 unspecified atom stereocenters. The monoisotopic (exact) mass is 467 g/mol. The predicted octanol–water partition coefficient (Wildman–Crippen LogP) is 5.20. The molecular weight excluding hydrogens is 426 g/mol. The Hall–Kier alpha value is -2.51. The van der Waals surface area contributed by atoms with Gasteiger partial charge in [0.15, 0.2) is 12.4 Å². The molecular formula is C25H41NO7. The summed E-state index contributed by atoms with van der Waals surface area (Å²) in [5.74, 6) is -1.64. The van der Waals surface area contributed by atoms with Crippen molar-refractivity contribution < 1.29 is 33.0 Å². The van der Waals surface area contributed by atoms with Crippen LogP contribution in [0.4, 0.5) is 0 Å². The van der Waals surface area contributed by atoms with E-state index in [2.05, 4.69) is 17.0 Å². The van der Waals surface area contributed by atoms with Gasteiger partial charge in [0.25, 0.3) is 11.9 Å². The zero-order chi connectivity index (χ0) is 24.2. The van der Waals surface area contributed by atoms with E-state index in [0.717, 1.165) is 12.8 Å². The average Bonchev–Trinajstić information content (AvgIpc) is 3.28. The summed E-state index contributed by atoms with van der Waals surface area (Å²) in [5.41, 5.74) is 0. The van der Waals surface area contributed by atoms with Gasteiger partial charge in [0.1, 0.15) is 6.54 Å². The summed E-state index contributed by atoms with van der Waals surface area (Å²) in [7, 11) is 0. The average molecular weight is 468 g/mol. The standard InChI is InChI=1S/C25H41NO7/c1-3-5-6-7-8-9-10-11-12-13-14-15-18-31-24-17-16-21(33-24)25(29)26-19-22(27)32-20-23(28)30-4-2/h16-17H,3-15,18-20H2,1-2H3,(H,26,29). The van der Waals surface area contributed by atoms with Crippen molar-refractivity contribution in [2.75, 3.05) is 26.4 Å². The zero-order valence-electron chi connectivity index (χ0n) is 20.3. The smallest absolute Gasteiger partial charge is 0.344 e. The summed E-state index contributed by atoms with van der Waals surface area (Å²) in [4.78, 5) is 34.7. The van der Waals surface area contributed by atoms with Crippen molar-refractivity contribution in [2.24, 2.45) is 0 Å². The summed E-state index contributed by atoms with van der Waals surface area (Å²) >= 11 is 0. The summed E-state index contributed by atoms with van der Waals surface area (Å²) in [5, 5.41) is 2.37. The second-order valence-electron chi connectivity index (χ2n) is 8.00. The summed E-state index contributed by atoms with van der Waals surface area (Å²) in [6.45, 7) is 3.77. The first-order chi connectivity index (χ1) is 16.1. The van der Waals surface area contributed by atoms with Crippen LogP contribution in [0.5, 0.6) is 5.95 Å². The lowest BCUT2D eigenvalue weighted by molar-refractivity contribution is -0.157. The van der Waals surface area contributed by atoms with E-state index in [0.29, 0.717) is 6.61 Å². The fraction of sp³-hybridized carbons (Fsp3) is 0.720. The maximum atomic E-state index is 12.0. The van der Waals surface area contributed by atoms with E-state index >= 15 is 0 Å². The van der Waals surface area contributed by atoms with Crippen molar-refractivity contribution >= 4 is 17.8 Å². The first-order valence-electron chi connectivity index (χ1n) is 12.4. The Labute approximate surface area is 197 Å². The molecule has 0 spiro atoms. The van der Waals surface area contributed by atoms with Gasteiger partial charge in [0.2, 0.25) is 0 Å². The Morgan fingerprint density at radius 1 is 0.788 bits per heavy atom. The van der Waals surface area contributed by atoms with Crippen LogP contribution in [0, 0.1) is 0 Å². The van der Waals surface area contributed by atoms with Crippen molar-refractivity contribution in [3.05, 3.63) is 17.9 Å². The summed E-state index contributed by atoms with van der Waals surface area (Å²) < 4.78 is 20.2. The molecule has 0 aliphatic rings. The number of carbonyl (C=O) groups is 3. The predicted molar refractivity (Wildman–Crippen MR) is 125 cm³/mol. The first kappa shape index (κ1) is 28.5. The quantitative estimate of drug-likeness (QED) is 0.208. The third kappa shape index (κ3) is 15.0. The van der Waals surface area contributed by atoms with Crippen molar-refractivity contribution in [1.82, 2.24) is 5.32 Å². The molecule has 1 amide bonds. The number of unbranched alkanes of at least 4 members (excludes halogenated alkanes) is 11. The van der Waals surface area contributed by atoms with Gasteiger partial charge < -0.3 is 23.9 Å². The molecule has 0 atom stereocenters. The Balaban J connectivity index is 2.04. The van der Waals surface area contributed by atoms with Gasteiger partial charge in [0, 0.05) is 6.07 Å². The van der Waals surface area contributed by atoms with Crippen LogP contribution in [-0.4, -0.2) is 44.2 Å².